The van der Waals surface area contributed by atoms with Crippen LogP contribution in [0.25, 0.3) is 0 Å². The lowest BCUT2D eigenvalue weighted by atomic mass is 10.2. The second kappa shape index (κ2) is 8.74. The highest BCUT2D eigenvalue weighted by molar-refractivity contribution is 7.91. The molecule has 0 spiro atoms. The topological polar surface area (TPSA) is 63.2 Å². The Bertz CT molecular complexity index is 497. The molecule has 20 heavy (non-hydrogen) atoms. The molecule has 5 heteroatoms. The van der Waals surface area contributed by atoms with Gasteiger partial charge in [0, 0.05) is 13.0 Å². The SMILES string of the molecule is CCCCCCNC(=O)CCS(=O)(=O)c1ccccc1. The van der Waals surface area contributed by atoms with E-state index >= 15 is 0 Å². The van der Waals surface area contributed by atoms with Crippen LogP contribution in [0, 0.1) is 0 Å². The fourth-order valence-corrected chi connectivity index (χ4v) is 3.10. The summed E-state index contributed by atoms with van der Waals surface area (Å²) in [6.45, 7) is 2.76. The van der Waals surface area contributed by atoms with Gasteiger partial charge >= 0.3 is 0 Å². The Hall–Kier alpha value is -1.36. The molecule has 1 aromatic rings. The van der Waals surface area contributed by atoms with E-state index in [4.69, 9.17) is 0 Å². The zero-order valence-electron chi connectivity index (χ0n) is 12.0. The molecule has 0 bridgehead atoms. The van der Waals surface area contributed by atoms with Crippen LogP contribution in [-0.4, -0.2) is 26.6 Å². The van der Waals surface area contributed by atoms with Gasteiger partial charge in [0.1, 0.15) is 0 Å². The molecule has 0 unspecified atom stereocenters. The average Bonchev–Trinajstić information content (AvgIpc) is 2.46. The van der Waals surface area contributed by atoms with Crippen LogP contribution in [0.15, 0.2) is 35.2 Å². The number of carbonyl (C=O) groups excluding carboxylic acids is 1. The van der Waals surface area contributed by atoms with Crippen molar-refractivity contribution in [2.45, 2.75) is 43.9 Å². The third kappa shape index (κ3) is 6.19. The number of amides is 1. The van der Waals surface area contributed by atoms with Gasteiger partial charge in [-0.3, -0.25) is 4.79 Å². The molecule has 1 N–H and O–H groups in total. The summed E-state index contributed by atoms with van der Waals surface area (Å²) in [6, 6.07) is 8.24. The number of benzene rings is 1. The van der Waals surface area contributed by atoms with Crippen LogP contribution in [0.5, 0.6) is 0 Å². The minimum atomic E-state index is -3.36. The molecule has 112 valence electrons. The summed E-state index contributed by atoms with van der Waals surface area (Å²) in [7, 11) is -3.36. The number of unbranched alkanes of at least 4 members (excludes halogenated alkanes) is 3. The molecular weight excluding hydrogens is 274 g/mol. The second-order valence-corrected chi connectivity index (χ2v) is 6.90. The van der Waals surface area contributed by atoms with Crippen molar-refractivity contribution in [1.82, 2.24) is 5.32 Å². The quantitative estimate of drug-likeness (QED) is 0.712. The molecule has 4 nitrogen and oxygen atoms in total. The molecule has 0 aromatic heterocycles. The van der Waals surface area contributed by atoms with Crippen molar-refractivity contribution in [2.75, 3.05) is 12.3 Å². The maximum Gasteiger partial charge on any atom is 0.221 e. The predicted octanol–water partition coefficient (Wildman–Crippen LogP) is 2.55. The van der Waals surface area contributed by atoms with E-state index < -0.39 is 9.84 Å². The van der Waals surface area contributed by atoms with Crippen molar-refractivity contribution in [2.24, 2.45) is 0 Å². The number of hydrogen-bond acceptors (Lipinski definition) is 3. The smallest absolute Gasteiger partial charge is 0.221 e. The average molecular weight is 297 g/mol. The minimum Gasteiger partial charge on any atom is -0.356 e. The highest BCUT2D eigenvalue weighted by Gasteiger charge is 2.15. The Morgan fingerprint density at radius 1 is 1.10 bits per heavy atom. The van der Waals surface area contributed by atoms with Gasteiger partial charge in [0.25, 0.3) is 0 Å². The van der Waals surface area contributed by atoms with E-state index in [-0.39, 0.29) is 23.0 Å². The van der Waals surface area contributed by atoms with Crippen LogP contribution < -0.4 is 5.32 Å². The van der Waals surface area contributed by atoms with E-state index in [0.29, 0.717) is 6.54 Å². The van der Waals surface area contributed by atoms with Crippen LogP contribution in [0.4, 0.5) is 0 Å². The van der Waals surface area contributed by atoms with E-state index in [2.05, 4.69) is 12.2 Å². The monoisotopic (exact) mass is 297 g/mol. The summed E-state index contributed by atoms with van der Waals surface area (Å²) in [5.41, 5.74) is 0. The summed E-state index contributed by atoms with van der Waals surface area (Å²) in [5, 5.41) is 2.76. The minimum absolute atomic E-state index is 0.0189. The fourth-order valence-electron chi connectivity index (χ4n) is 1.84. The van der Waals surface area contributed by atoms with E-state index in [1.165, 1.54) is 0 Å². The molecule has 0 heterocycles. The standard InChI is InChI=1S/C15H23NO3S/c1-2-3-4-8-12-16-15(17)11-13-20(18,19)14-9-6-5-7-10-14/h5-7,9-10H,2-4,8,11-13H2,1H3,(H,16,17). The van der Waals surface area contributed by atoms with E-state index in [9.17, 15) is 13.2 Å². The van der Waals surface area contributed by atoms with Crippen molar-refractivity contribution in [3.05, 3.63) is 30.3 Å². The Morgan fingerprint density at radius 3 is 2.45 bits per heavy atom. The molecule has 1 rings (SSSR count). The number of sulfone groups is 1. The second-order valence-electron chi connectivity index (χ2n) is 4.79. The summed E-state index contributed by atoms with van der Waals surface area (Å²) in [4.78, 5) is 11.9. The normalized spacial score (nSPS) is 11.2. The molecule has 0 fully saturated rings. The lowest BCUT2D eigenvalue weighted by Crippen LogP contribution is -2.26. The van der Waals surface area contributed by atoms with Crippen molar-refractivity contribution in [1.29, 1.82) is 0 Å². The van der Waals surface area contributed by atoms with Crippen LogP contribution in [0.1, 0.15) is 39.0 Å². The van der Waals surface area contributed by atoms with Gasteiger partial charge in [-0.2, -0.15) is 0 Å². The van der Waals surface area contributed by atoms with Gasteiger partial charge in [-0.1, -0.05) is 44.4 Å². The van der Waals surface area contributed by atoms with Crippen molar-refractivity contribution in [3.63, 3.8) is 0 Å². The lowest BCUT2D eigenvalue weighted by molar-refractivity contribution is -0.120. The molecule has 1 aromatic carbocycles. The third-order valence-electron chi connectivity index (χ3n) is 3.05. The van der Waals surface area contributed by atoms with E-state index in [1.54, 1.807) is 30.3 Å². The first-order chi connectivity index (χ1) is 9.56. The van der Waals surface area contributed by atoms with Crippen LogP contribution in [0.2, 0.25) is 0 Å². The molecule has 0 aliphatic carbocycles. The maximum absolute atomic E-state index is 12.0. The summed E-state index contributed by atoms with van der Waals surface area (Å²) < 4.78 is 23.9. The zero-order valence-corrected chi connectivity index (χ0v) is 12.8. The Morgan fingerprint density at radius 2 is 1.80 bits per heavy atom. The zero-order chi connectivity index (χ0) is 14.8. The highest BCUT2D eigenvalue weighted by Crippen LogP contribution is 2.10. The molecule has 0 atom stereocenters. The Kier molecular flexibility index (Phi) is 7.30. The Balaban J connectivity index is 2.30. The van der Waals surface area contributed by atoms with Gasteiger partial charge in [0.2, 0.25) is 5.91 Å². The number of rotatable bonds is 9. The van der Waals surface area contributed by atoms with Gasteiger partial charge in [0.15, 0.2) is 9.84 Å². The fraction of sp³-hybridized carbons (Fsp3) is 0.533. The van der Waals surface area contributed by atoms with Crippen molar-refractivity contribution >= 4 is 15.7 Å². The first-order valence-electron chi connectivity index (χ1n) is 7.11. The Labute approximate surface area is 121 Å². The van der Waals surface area contributed by atoms with E-state index in [1.807, 2.05) is 0 Å². The third-order valence-corrected chi connectivity index (χ3v) is 4.78. The highest BCUT2D eigenvalue weighted by atomic mass is 32.2. The number of nitrogens with one attached hydrogen (secondary N) is 1. The van der Waals surface area contributed by atoms with Crippen molar-refractivity contribution in [3.8, 4) is 0 Å². The maximum atomic E-state index is 12.0. The first kappa shape index (κ1) is 16.7. The molecule has 1 amide bonds. The van der Waals surface area contributed by atoms with Gasteiger partial charge in [-0.25, -0.2) is 8.42 Å². The van der Waals surface area contributed by atoms with Gasteiger partial charge in [0.05, 0.1) is 10.6 Å². The molecule has 0 saturated heterocycles. The molecule has 0 saturated carbocycles. The van der Waals surface area contributed by atoms with Crippen LogP contribution >= 0.6 is 0 Å². The van der Waals surface area contributed by atoms with Crippen molar-refractivity contribution < 1.29 is 13.2 Å². The first-order valence-corrected chi connectivity index (χ1v) is 8.76. The molecule has 0 radical (unpaired) electrons. The lowest BCUT2D eigenvalue weighted by Gasteiger charge is -2.06. The van der Waals surface area contributed by atoms with Gasteiger partial charge < -0.3 is 5.32 Å². The van der Waals surface area contributed by atoms with Crippen LogP contribution in [0.3, 0.4) is 0 Å². The molecule has 0 aliphatic rings. The predicted molar refractivity (Wildman–Crippen MR) is 80.3 cm³/mol. The summed E-state index contributed by atoms with van der Waals surface area (Å²) in [5.74, 6) is -0.335. The van der Waals surface area contributed by atoms with E-state index in [0.717, 1.165) is 25.7 Å². The largest absolute Gasteiger partial charge is 0.356 e. The molecule has 0 aliphatic heterocycles. The summed E-state index contributed by atoms with van der Waals surface area (Å²) in [6.07, 6.45) is 4.39. The molecular formula is C15H23NO3S. The number of carbonyl (C=O) groups is 1. The van der Waals surface area contributed by atoms with Gasteiger partial charge in [-0.15, -0.1) is 0 Å². The summed E-state index contributed by atoms with van der Waals surface area (Å²) >= 11 is 0. The van der Waals surface area contributed by atoms with Gasteiger partial charge in [-0.05, 0) is 18.6 Å². The number of hydrogen-bond donors (Lipinski definition) is 1. The van der Waals surface area contributed by atoms with Crippen LogP contribution in [-0.2, 0) is 14.6 Å².